The first kappa shape index (κ1) is 20.0. The molecule has 2 aromatic rings. The van der Waals surface area contributed by atoms with Gasteiger partial charge in [-0.25, -0.2) is 17.9 Å². The van der Waals surface area contributed by atoms with Crippen LogP contribution in [0.3, 0.4) is 0 Å². The summed E-state index contributed by atoms with van der Waals surface area (Å²) in [6, 6.07) is 4.59. The van der Waals surface area contributed by atoms with E-state index in [0.29, 0.717) is 12.2 Å². The minimum atomic E-state index is -4.25. The molecular formula is C14H15Cl2N5O4S. The summed E-state index contributed by atoms with van der Waals surface area (Å²) in [5.74, 6) is 0.512. The Labute approximate surface area is 160 Å². The van der Waals surface area contributed by atoms with Gasteiger partial charge in [0, 0.05) is 13.5 Å². The number of nitrogens with one attached hydrogen (secondary N) is 2. The van der Waals surface area contributed by atoms with E-state index >= 15 is 0 Å². The van der Waals surface area contributed by atoms with Gasteiger partial charge in [-0.2, -0.15) is 4.98 Å². The maximum atomic E-state index is 12.5. The van der Waals surface area contributed by atoms with E-state index < -0.39 is 16.1 Å². The smallest absolute Gasteiger partial charge is 0.335 e. The van der Waals surface area contributed by atoms with Crippen LogP contribution in [0.15, 0.2) is 39.9 Å². The molecule has 0 fully saturated rings. The number of sulfonamides is 1. The van der Waals surface area contributed by atoms with Gasteiger partial charge in [0.1, 0.15) is 16.5 Å². The second-order valence-corrected chi connectivity index (χ2v) is 7.09. The molecule has 1 aromatic heterocycles. The molecule has 0 saturated carbocycles. The lowest BCUT2D eigenvalue weighted by atomic mass is 10.3. The molecule has 2 amide bonds. The van der Waals surface area contributed by atoms with Crippen LogP contribution in [-0.2, 0) is 23.5 Å². The SMILES string of the molecule is CCc1nc(NC(=O)NS(=O)(=O)c2ccccc2OC(Cl)=CCl)nn1C. The Kier molecular flexibility index (Phi) is 6.46. The highest BCUT2D eigenvalue weighted by Crippen LogP contribution is 2.26. The van der Waals surface area contributed by atoms with Gasteiger partial charge in [-0.1, -0.05) is 30.7 Å². The molecule has 9 nitrogen and oxygen atoms in total. The van der Waals surface area contributed by atoms with Crippen molar-refractivity contribution in [3.05, 3.63) is 40.8 Å². The summed E-state index contributed by atoms with van der Waals surface area (Å²) in [4.78, 5) is 15.8. The lowest BCUT2D eigenvalue weighted by molar-refractivity contribution is 0.256. The molecule has 2 N–H and O–H groups in total. The Morgan fingerprint density at radius 3 is 2.69 bits per heavy atom. The normalized spacial score (nSPS) is 11.9. The molecule has 0 radical (unpaired) electrons. The van der Waals surface area contributed by atoms with Crippen LogP contribution in [-0.4, -0.2) is 29.2 Å². The number of nitrogens with zero attached hydrogens (tertiary/aromatic N) is 3. The summed E-state index contributed by atoms with van der Waals surface area (Å²) in [7, 11) is -2.59. The van der Waals surface area contributed by atoms with Crippen molar-refractivity contribution in [2.75, 3.05) is 5.32 Å². The molecular weight excluding hydrogens is 405 g/mol. The van der Waals surface area contributed by atoms with Crippen LogP contribution in [0.25, 0.3) is 0 Å². The Balaban J connectivity index is 2.19. The van der Waals surface area contributed by atoms with E-state index in [1.54, 1.807) is 7.05 Å². The van der Waals surface area contributed by atoms with Crippen molar-refractivity contribution in [3.63, 3.8) is 0 Å². The number of urea groups is 1. The topological polar surface area (TPSA) is 115 Å². The summed E-state index contributed by atoms with van der Waals surface area (Å²) >= 11 is 11.1. The van der Waals surface area contributed by atoms with Gasteiger partial charge in [-0.05, 0) is 23.7 Å². The van der Waals surface area contributed by atoms with Crippen molar-refractivity contribution in [2.24, 2.45) is 7.05 Å². The molecule has 1 aromatic carbocycles. The molecule has 12 heteroatoms. The highest BCUT2D eigenvalue weighted by Gasteiger charge is 2.23. The van der Waals surface area contributed by atoms with Gasteiger partial charge < -0.3 is 4.74 Å². The minimum Gasteiger partial charge on any atom is -0.443 e. The molecule has 1 heterocycles. The molecule has 2 rings (SSSR count). The Morgan fingerprint density at radius 2 is 2.08 bits per heavy atom. The zero-order valence-corrected chi connectivity index (χ0v) is 16.1. The number of benzene rings is 1. The number of hydrogen-bond donors (Lipinski definition) is 2. The summed E-state index contributed by atoms with van der Waals surface area (Å²) in [6.07, 6.45) is 0.602. The molecule has 0 atom stereocenters. The fourth-order valence-corrected chi connectivity index (χ4v) is 3.13. The first-order chi connectivity index (χ1) is 12.3. The average Bonchev–Trinajstić information content (AvgIpc) is 2.93. The van der Waals surface area contributed by atoms with Crippen LogP contribution in [0.2, 0.25) is 0 Å². The fourth-order valence-electron chi connectivity index (χ4n) is 1.97. The second kappa shape index (κ2) is 8.39. The first-order valence-electron chi connectivity index (χ1n) is 7.23. The predicted molar refractivity (Wildman–Crippen MR) is 96.6 cm³/mol. The number of para-hydroxylation sites is 1. The minimum absolute atomic E-state index is 0.0188. The van der Waals surface area contributed by atoms with Crippen LogP contribution in [0.4, 0.5) is 10.7 Å². The molecule has 0 bridgehead atoms. The quantitative estimate of drug-likeness (QED) is 0.694. The summed E-state index contributed by atoms with van der Waals surface area (Å²) in [6.45, 7) is 1.87. The molecule has 0 aliphatic heterocycles. The molecule has 0 saturated heterocycles. The first-order valence-corrected chi connectivity index (χ1v) is 9.53. The fraction of sp³-hybridized carbons (Fsp3) is 0.214. The van der Waals surface area contributed by atoms with E-state index in [-0.39, 0.29) is 21.8 Å². The van der Waals surface area contributed by atoms with E-state index in [1.807, 2.05) is 11.6 Å². The van der Waals surface area contributed by atoms with E-state index in [4.69, 9.17) is 27.9 Å². The van der Waals surface area contributed by atoms with Crippen molar-refractivity contribution in [3.8, 4) is 5.75 Å². The number of hydrogen-bond acceptors (Lipinski definition) is 6. The van der Waals surface area contributed by atoms with Gasteiger partial charge in [-0.15, -0.1) is 5.10 Å². The van der Waals surface area contributed by atoms with Gasteiger partial charge in [0.25, 0.3) is 10.0 Å². The van der Waals surface area contributed by atoms with Crippen molar-refractivity contribution in [1.82, 2.24) is 19.5 Å². The van der Waals surface area contributed by atoms with E-state index in [2.05, 4.69) is 15.4 Å². The van der Waals surface area contributed by atoms with Gasteiger partial charge in [0.15, 0.2) is 0 Å². The molecule has 0 aliphatic carbocycles. The number of anilines is 1. The second-order valence-electron chi connectivity index (χ2n) is 4.85. The highest BCUT2D eigenvalue weighted by molar-refractivity contribution is 7.90. The number of aryl methyl sites for hydroxylation is 2. The Bertz CT molecular complexity index is 943. The highest BCUT2D eigenvalue weighted by atomic mass is 35.5. The van der Waals surface area contributed by atoms with E-state index in [1.165, 1.54) is 28.9 Å². The number of rotatable bonds is 6. The van der Waals surface area contributed by atoms with Crippen molar-refractivity contribution < 1.29 is 17.9 Å². The van der Waals surface area contributed by atoms with Crippen molar-refractivity contribution in [1.29, 1.82) is 0 Å². The van der Waals surface area contributed by atoms with Crippen LogP contribution >= 0.6 is 23.2 Å². The van der Waals surface area contributed by atoms with Crippen LogP contribution in [0, 0.1) is 0 Å². The van der Waals surface area contributed by atoms with E-state index in [9.17, 15) is 13.2 Å². The zero-order valence-electron chi connectivity index (χ0n) is 13.7. The number of halogens is 2. The van der Waals surface area contributed by atoms with Gasteiger partial charge in [0.05, 0.1) is 5.54 Å². The largest absolute Gasteiger partial charge is 0.443 e. The maximum Gasteiger partial charge on any atom is 0.335 e. The molecule has 0 aliphatic rings. The number of ether oxygens (including phenoxy) is 1. The number of carbonyl (C=O) groups is 1. The lowest BCUT2D eigenvalue weighted by Gasteiger charge is -2.11. The number of carbonyl (C=O) groups excluding carboxylic acids is 1. The van der Waals surface area contributed by atoms with Gasteiger partial charge in [0.2, 0.25) is 11.2 Å². The maximum absolute atomic E-state index is 12.5. The van der Waals surface area contributed by atoms with Crippen molar-refractivity contribution >= 4 is 45.2 Å². The van der Waals surface area contributed by atoms with Crippen LogP contribution in [0.5, 0.6) is 5.75 Å². The summed E-state index contributed by atoms with van der Waals surface area (Å²) in [5, 5.41) is 6.00. The zero-order chi connectivity index (χ0) is 19.3. The van der Waals surface area contributed by atoms with Crippen LogP contribution < -0.4 is 14.8 Å². The molecule has 0 unspecified atom stereocenters. The monoisotopic (exact) mass is 419 g/mol. The third kappa shape index (κ3) is 4.87. The van der Waals surface area contributed by atoms with Gasteiger partial charge >= 0.3 is 6.03 Å². The third-order valence-corrected chi connectivity index (χ3v) is 4.92. The average molecular weight is 420 g/mol. The predicted octanol–water partition coefficient (Wildman–Crippen LogP) is 2.54. The Hall–Kier alpha value is -2.30. The summed E-state index contributed by atoms with van der Waals surface area (Å²) in [5.41, 5.74) is 0.934. The molecule has 0 spiro atoms. The third-order valence-electron chi connectivity index (χ3n) is 3.05. The number of amides is 2. The van der Waals surface area contributed by atoms with Crippen molar-refractivity contribution in [2.45, 2.75) is 18.2 Å². The molecule has 140 valence electrons. The standard InChI is InChI=1S/C14H15Cl2N5O4S/c1-3-12-17-13(19-21(12)2)18-14(22)20-26(23,24)10-7-5-4-6-9(10)25-11(16)8-15/h4-8H,3H2,1-2H3,(H2,18,19,20,22). The van der Waals surface area contributed by atoms with E-state index in [0.717, 1.165) is 5.54 Å². The van der Waals surface area contributed by atoms with Crippen LogP contribution in [0.1, 0.15) is 12.7 Å². The van der Waals surface area contributed by atoms with Gasteiger partial charge in [-0.3, -0.25) is 10.00 Å². The number of aromatic nitrogens is 3. The summed E-state index contributed by atoms with van der Waals surface area (Å²) < 4.78 is 33.4. The Morgan fingerprint density at radius 1 is 1.38 bits per heavy atom. The molecule has 26 heavy (non-hydrogen) atoms. The lowest BCUT2D eigenvalue weighted by Crippen LogP contribution is -2.34.